The Morgan fingerprint density at radius 1 is 1.35 bits per heavy atom. The zero-order valence-electron chi connectivity index (χ0n) is 10.8. The van der Waals surface area contributed by atoms with E-state index in [1.165, 1.54) is 0 Å². The molecule has 1 rings (SSSR count). The van der Waals surface area contributed by atoms with Gasteiger partial charge in [0.15, 0.2) is 5.78 Å². The van der Waals surface area contributed by atoms with Gasteiger partial charge in [-0.05, 0) is 26.7 Å². The zero-order chi connectivity index (χ0) is 12.7. The molecule has 3 heteroatoms. The number of carbonyl (C=O) groups excluding carboxylic acids is 2. The highest BCUT2D eigenvalue weighted by Crippen LogP contribution is 2.25. The highest BCUT2D eigenvalue weighted by molar-refractivity contribution is 6.00. The molecule has 0 saturated heterocycles. The van der Waals surface area contributed by atoms with Gasteiger partial charge in [0.1, 0.15) is 0 Å². The lowest BCUT2D eigenvalue weighted by Crippen LogP contribution is -2.23. The molecule has 0 aromatic heterocycles. The SMILES string of the molecule is C/C=C1/C(=O)CCCCCCC1C(=O)OCC. The van der Waals surface area contributed by atoms with Gasteiger partial charge in [-0.2, -0.15) is 0 Å². The van der Waals surface area contributed by atoms with Crippen molar-refractivity contribution in [2.24, 2.45) is 5.92 Å². The van der Waals surface area contributed by atoms with Gasteiger partial charge in [-0.3, -0.25) is 9.59 Å². The third kappa shape index (κ3) is 3.99. The fraction of sp³-hybridized carbons (Fsp3) is 0.714. The van der Waals surface area contributed by atoms with Crippen LogP contribution in [0.3, 0.4) is 0 Å². The molecule has 1 saturated carbocycles. The zero-order valence-corrected chi connectivity index (χ0v) is 10.8. The maximum absolute atomic E-state index is 12.0. The predicted octanol–water partition coefficient (Wildman–Crippen LogP) is 3.04. The summed E-state index contributed by atoms with van der Waals surface area (Å²) < 4.78 is 5.07. The van der Waals surface area contributed by atoms with Crippen LogP contribution in [0, 0.1) is 5.92 Å². The molecule has 1 atom stereocenters. The number of Topliss-reactive ketones (excluding diaryl/α,β-unsaturated/α-hetero) is 1. The molecule has 17 heavy (non-hydrogen) atoms. The van der Waals surface area contributed by atoms with Crippen molar-refractivity contribution < 1.29 is 14.3 Å². The number of ether oxygens (including phenoxy) is 1. The number of carbonyl (C=O) groups is 2. The first-order chi connectivity index (χ1) is 8.20. The molecule has 96 valence electrons. The first kappa shape index (κ1) is 13.9. The quantitative estimate of drug-likeness (QED) is 0.548. The van der Waals surface area contributed by atoms with Crippen LogP contribution in [0.2, 0.25) is 0 Å². The van der Waals surface area contributed by atoms with E-state index < -0.39 is 0 Å². The molecule has 0 spiro atoms. The standard InChI is InChI=1S/C14H22O3/c1-3-11-12(14(16)17-4-2)9-7-5-6-8-10-13(11)15/h3,12H,4-10H2,1-2H3/b11-3+. The highest BCUT2D eigenvalue weighted by Gasteiger charge is 2.28. The summed E-state index contributed by atoms with van der Waals surface area (Å²) in [5.41, 5.74) is 0.658. The molecule has 1 aliphatic carbocycles. The number of hydrogen-bond acceptors (Lipinski definition) is 3. The molecule has 0 bridgehead atoms. The summed E-state index contributed by atoms with van der Waals surface area (Å²) >= 11 is 0. The van der Waals surface area contributed by atoms with E-state index >= 15 is 0 Å². The van der Waals surface area contributed by atoms with E-state index in [1.54, 1.807) is 13.0 Å². The summed E-state index contributed by atoms with van der Waals surface area (Å²) in [4.78, 5) is 23.9. The maximum atomic E-state index is 12.0. The Morgan fingerprint density at radius 3 is 2.71 bits per heavy atom. The second kappa shape index (κ2) is 7.25. The molecular formula is C14H22O3. The van der Waals surface area contributed by atoms with Crippen molar-refractivity contribution in [2.75, 3.05) is 6.61 Å². The first-order valence-electron chi connectivity index (χ1n) is 6.56. The van der Waals surface area contributed by atoms with Crippen LogP contribution in [0.15, 0.2) is 11.6 Å². The average Bonchev–Trinajstić information content (AvgIpc) is 2.39. The summed E-state index contributed by atoms with van der Waals surface area (Å²) in [5.74, 6) is -0.464. The number of rotatable bonds is 2. The van der Waals surface area contributed by atoms with Crippen LogP contribution in [0.4, 0.5) is 0 Å². The third-order valence-electron chi connectivity index (χ3n) is 3.23. The van der Waals surface area contributed by atoms with Crippen molar-refractivity contribution in [3.05, 3.63) is 11.6 Å². The predicted molar refractivity (Wildman–Crippen MR) is 66.6 cm³/mol. The van der Waals surface area contributed by atoms with Crippen molar-refractivity contribution in [1.29, 1.82) is 0 Å². The van der Waals surface area contributed by atoms with E-state index in [0.717, 1.165) is 32.1 Å². The summed E-state index contributed by atoms with van der Waals surface area (Å²) in [6.45, 7) is 4.00. The van der Waals surface area contributed by atoms with E-state index in [1.807, 2.05) is 6.92 Å². The normalized spacial score (nSPS) is 24.9. The van der Waals surface area contributed by atoms with Gasteiger partial charge in [0.25, 0.3) is 0 Å². The molecule has 0 radical (unpaired) electrons. The Kier molecular flexibility index (Phi) is 5.95. The van der Waals surface area contributed by atoms with E-state index in [9.17, 15) is 9.59 Å². The Morgan fingerprint density at radius 2 is 2.06 bits per heavy atom. The molecule has 0 N–H and O–H groups in total. The van der Waals surface area contributed by atoms with Gasteiger partial charge < -0.3 is 4.74 Å². The molecule has 1 aliphatic rings. The molecule has 3 nitrogen and oxygen atoms in total. The lowest BCUT2D eigenvalue weighted by molar-refractivity contribution is -0.147. The Hall–Kier alpha value is -1.12. The van der Waals surface area contributed by atoms with Crippen LogP contribution in [0.25, 0.3) is 0 Å². The molecule has 0 aromatic rings. The number of allylic oxidation sites excluding steroid dienone is 1. The van der Waals surface area contributed by atoms with Crippen LogP contribution in [-0.4, -0.2) is 18.4 Å². The minimum atomic E-state index is -0.342. The number of hydrogen-bond donors (Lipinski definition) is 0. The second-order valence-electron chi connectivity index (χ2n) is 4.42. The average molecular weight is 238 g/mol. The molecule has 1 fully saturated rings. The van der Waals surface area contributed by atoms with Crippen LogP contribution >= 0.6 is 0 Å². The van der Waals surface area contributed by atoms with Crippen molar-refractivity contribution in [3.8, 4) is 0 Å². The smallest absolute Gasteiger partial charge is 0.313 e. The van der Waals surface area contributed by atoms with E-state index in [-0.39, 0.29) is 17.7 Å². The van der Waals surface area contributed by atoms with Gasteiger partial charge in [0, 0.05) is 12.0 Å². The van der Waals surface area contributed by atoms with Crippen LogP contribution < -0.4 is 0 Å². The van der Waals surface area contributed by atoms with Crippen LogP contribution in [0.1, 0.15) is 52.4 Å². The third-order valence-corrected chi connectivity index (χ3v) is 3.23. The minimum Gasteiger partial charge on any atom is -0.466 e. The fourth-order valence-electron chi connectivity index (χ4n) is 2.33. The van der Waals surface area contributed by atoms with E-state index in [4.69, 9.17) is 4.74 Å². The second-order valence-corrected chi connectivity index (χ2v) is 4.42. The van der Waals surface area contributed by atoms with Crippen LogP contribution in [-0.2, 0) is 14.3 Å². The summed E-state index contributed by atoms with van der Waals surface area (Å²) in [6.07, 6.45) is 7.20. The molecule has 0 heterocycles. The van der Waals surface area contributed by atoms with Gasteiger partial charge in [-0.1, -0.05) is 25.3 Å². The molecule has 0 aromatic carbocycles. The minimum absolute atomic E-state index is 0.118. The molecule has 1 unspecified atom stereocenters. The summed E-state index contributed by atoms with van der Waals surface area (Å²) in [5, 5.41) is 0. The Labute approximate surface area is 103 Å². The van der Waals surface area contributed by atoms with Gasteiger partial charge in [0.2, 0.25) is 0 Å². The largest absolute Gasteiger partial charge is 0.466 e. The number of esters is 1. The van der Waals surface area contributed by atoms with E-state index in [0.29, 0.717) is 18.6 Å². The topological polar surface area (TPSA) is 43.4 Å². The monoisotopic (exact) mass is 238 g/mol. The molecule has 0 amide bonds. The van der Waals surface area contributed by atoms with Crippen molar-refractivity contribution in [2.45, 2.75) is 52.4 Å². The summed E-state index contributed by atoms with van der Waals surface area (Å²) in [6, 6.07) is 0. The van der Waals surface area contributed by atoms with E-state index in [2.05, 4.69) is 0 Å². The fourth-order valence-corrected chi connectivity index (χ4v) is 2.33. The van der Waals surface area contributed by atoms with Crippen molar-refractivity contribution >= 4 is 11.8 Å². The molecular weight excluding hydrogens is 216 g/mol. The van der Waals surface area contributed by atoms with Crippen LogP contribution in [0.5, 0.6) is 0 Å². The van der Waals surface area contributed by atoms with Crippen molar-refractivity contribution in [3.63, 3.8) is 0 Å². The van der Waals surface area contributed by atoms with Gasteiger partial charge >= 0.3 is 5.97 Å². The van der Waals surface area contributed by atoms with Gasteiger partial charge in [-0.15, -0.1) is 0 Å². The highest BCUT2D eigenvalue weighted by atomic mass is 16.5. The molecule has 0 aliphatic heterocycles. The number of ketones is 1. The van der Waals surface area contributed by atoms with Gasteiger partial charge in [-0.25, -0.2) is 0 Å². The summed E-state index contributed by atoms with van der Waals surface area (Å²) in [7, 11) is 0. The Balaban J connectivity index is 2.85. The van der Waals surface area contributed by atoms with Crippen molar-refractivity contribution in [1.82, 2.24) is 0 Å². The lowest BCUT2D eigenvalue weighted by Gasteiger charge is -2.16. The first-order valence-corrected chi connectivity index (χ1v) is 6.56. The maximum Gasteiger partial charge on any atom is 0.313 e. The Bertz CT molecular complexity index is 305. The van der Waals surface area contributed by atoms with Gasteiger partial charge in [0.05, 0.1) is 12.5 Å². The lowest BCUT2D eigenvalue weighted by atomic mass is 9.90.